The van der Waals surface area contributed by atoms with Gasteiger partial charge in [-0.3, -0.25) is 4.90 Å². The van der Waals surface area contributed by atoms with Gasteiger partial charge in [-0.25, -0.2) is 8.42 Å². The van der Waals surface area contributed by atoms with Crippen molar-refractivity contribution < 1.29 is 17.4 Å². The van der Waals surface area contributed by atoms with E-state index < -0.39 is 9.84 Å². The first-order valence-electron chi connectivity index (χ1n) is 8.85. The van der Waals surface area contributed by atoms with Crippen LogP contribution < -0.4 is 0 Å². The van der Waals surface area contributed by atoms with E-state index in [1.54, 1.807) is 6.26 Å². The van der Waals surface area contributed by atoms with E-state index in [0.717, 1.165) is 16.9 Å². The van der Waals surface area contributed by atoms with E-state index in [4.69, 9.17) is 8.94 Å². The molecular weight excluding hydrogens is 366 g/mol. The number of benzene rings is 1. The quantitative estimate of drug-likeness (QED) is 0.642. The van der Waals surface area contributed by atoms with Gasteiger partial charge >= 0.3 is 0 Å². The summed E-state index contributed by atoms with van der Waals surface area (Å²) in [5.41, 5.74) is 2.05. The molecule has 0 aliphatic carbocycles. The zero-order valence-electron chi connectivity index (χ0n) is 15.0. The van der Waals surface area contributed by atoms with Crippen LogP contribution in [0.5, 0.6) is 0 Å². The second kappa shape index (κ2) is 7.28. The highest BCUT2D eigenvalue weighted by atomic mass is 32.2. The molecule has 4 rings (SSSR count). The molecule has 0 bridgehead atoms. The molecule has 1 saturated heterocycles. The standard InChI is InChI=1S/C19H21N3O4S/c1-14-4-6-15(7-5-14)19-20-18(26-21-19)12-22(11-17-3-2-9-25-17)16-8-10-27(23,24)13-16/h2-7,9,16H,8,10-13H2,1H3/t16-/m1/s1. The lowest BCUT2D eigenvalue weighted by atomic mass is 10.1. The van der Waals surface area contributed by atoms with Crippen molar-refractivity contribution in [3.05, 3.63) is 59.9 Å². The number of hydrogen-bond donors (Lipinski definition) is 0. The molecule has 0 amide bonds. The van der Waals surface area contributed by atoms with Crippen LogP contribution in [0.1, 0.15) is 23.6 Å². The van der Waals surface area contributed by atoms with Gasteiger partial charge in [-0.15, -0.1) is 0 Å². The summed E-state index contributed by atoms with van der Waals surface area (Å²) in [4.78, 5) is 6.53. The Kier molecular flexibility index (Phi) is 4.84. The highest BCUT2D eigenvalue weighted by molar-refractivity contribution is 7.91. The van der Waals surface area contributed by atoms with Crippen molar-refractivity contribution in [2.45, 2.75) is 32.5 Å². The van der Waals surface area contributed by atoms with E-state index in [2.05, 4.69) is 10.1 Å². The summed E-state index contributed by atoms with van der Waals surface area (Å²) in [7, 11) is -2.99. The fourth-order valence-corrected chi connectivity index (χ4v) is 5.05. The fourth-order valence-electron chi connectivity index (χ4n) is 3.29. The average Bonchev–Trinajstić information content (AvgIpc) is 3.36. The molecule has 0 spiro atoms. The molecule has 3 aromatic rings. The number of nitrogens with zero attached hydrogens (tertiary/aromatic N) is 3. The molecule has 0 N–H and O–H groups in total. The third-order valence-corrected chi connectivity index (χ3v) is 6.53. The predicted molar refractivity (Wildman–Crippen MR) is 99.5 cm³/mol. The van der Waals surface area contributed by atoms with Crippen molar-refractivity contribution in [1.29, 1.82) is 0 Å². The Balaban J connectivity index is 1.53. The van der Waals surface area contributed by atoms with Gasteiger partial charge in [0.15, 0.2) is 9.84 Å². The molecule has 1 aromatic carbocycles. The third kappa shape index (κ3) is 4.28. The summed E-state index contributed by atoms with van der Waals surface area (Å²) in [5.74, 6) is 2.12. The van der Waals surface area contributed by atoms with Crippen molar-refractivity contribution in [2.24, 2.45) is 0 Å². The van der Waals surface area contributed by atoms with Gasteiger partial charge in [0.05, 0.1) is 30.9 Å². The lowest BCUT2D eigenvalue weighted by Crippen LogP contribution is -2.35. The van der Waals surface area contributed by atoms with Crippen LogP contribution in [0.25, 0.3) is 11.4 Å². The van der Waals surface area contributed by atoms with Crippen LogP contribution in [-0.4, -0.2) is 41.0 Å². The number of aryl methyl sites for hydroxylation is 1. The molecule has 1 aliphatic heterocycles. The smallest absolute Gasteiger partial charge is 0.241 e. The SMILES string of the molecule is Cc1ccc(-c2noc(CN(Cc3ccco3)[C@@H]3CCS(=O)(=O)C3)n2)cc1. The Morgan fingerprint density at radius 1 is 1.19 bits per heavy atom. The molecule has 7 nitrogen and oxygen atoms in total. The molecule has 1 aliphatic rings. The van der Waals surface area contributed by atoms with E-state index in [-0.39, 0.29) is 17.5 Å². The molecule has 3 heterocycles. The Morgan fingerprint density at radius 2 is 2.00 bits per heavy atom. The lowest BCUT2D eigenvalue weighted by Gasteiger charge is -2.25. The van der Waals surface area contributed by atoms with E-state index in [9.17, 15) is 8.42 Å². The maximum absolute atomic E-state index is 11.9. The topological polar surface area (TPSA) is 89.4 Å². The minimum Gasteiger partial charge on any atom is -0.468 e. The van der Waals surface area contributed by atoms with Gasteiger partial charge in [0.25, 0.3) is 0 Å². The van der Waals surface area contributed by atoms with Gasteiger partial charge in [-0.05, 0) is 25.5 Å². The number of aromatic nitrogens is 2. The van der Waals surface area contributed by atoms with Crippen LogP contribution in [0.4, 0.5) is 0 Å². The Hall–Kier alpha value is -2.45. The molecular formula is C19H21N3O4S. The first kappa shape index (κ1) is 17.9. The molecule has 0 radical (unpaired) electrons. The number of rotatable bonds is 6. The van der Waals surface area contributed by atoms with Crippen LogP contribution >= 0.6 is 0 Å². The highest BCUT2D eigenvalue weighted by Gasteiger charge is 2.33. The molecule has 142 valence electrons. The van der Waals surface area contributed by atoms with E-state index in [1.165, 1.54) is 0 Å². The minimum absolute atomic E-state index is 0.0881. The summed E-state index contributed by atoms with van der Waals surface area (Å²) >= 11 is 0. The zero-order valence-corrected chi connectivity index (χ0v) is 15.9. The molecule has 27 heavy (non-hydrogen) atoms. The normalized spacial score (nSPS) is 19.0. The summed E-state index contributed by atoms with van der Waals surface area (Å²) in [5, 5.41) is 4.07. The van der Waals surface area contributed by atoms with Crippen LogP contribution in [-0.2, 0) is 22.9 Å². The molecule has 8 heteroatoms. The Labute approximate surface area is 157 Å². The molecule has 1 fully saturated rings. The molecule has 2 aromatic heterocycles. The number of sulfone groups is 1. The lowest BCUT2D eigenvalue weighted by molar-refractivity contribution is 0.157. The van der Waals surface area contributed by atoms with Gasteiger partial charge in [0.2, 0.25) is 11.7 Å². The second-order valence-electron chi connectivity index (χ2n) is 6.92. The third-order valence-electron chi connectivity index (χ3n) is 4.78. The first-order chi connectivity index (χ1) is 13.0. The van der Waals surface area contributed by atoms with Crippen molar-refractivity contribution in [3.63, 3.8) is 0 Å². The summed E-state index contributed by atoms with van der Waals surface area (Å²) in [6, 6.07) is 11.5. The second-order valence-corrected chi connectivity index (χ2v) is 9.15. The van der Waals surface area contributed by atoms with Crippen molar-refractivity contribution in [2.75, 3.05) is 11.5 Å². The number of furan rings is 1. The Bertz CT molecular complexity index is 994. The zero-order chi connectivity index (χ0) is 18.9. The average molecular weight is 387 g/mol. The summed E-state index contributed by atoms with van der Waals surface area (Å²) in [6.45, 7) is 2.89. The van der Waals surface area contributed by atoms with E-state index in [0.29, 0.717) is 31.2 Å². The maximum Gasteiger partial charge on any atom is 0.241 e. The van der Waals surface area contributed by atoms with Crippen LogP contribution in [0.3, 0.4) is 0 Å². The van der Waals surface area contributed by atoms with Crippen LogP contribution in [0.2, 0.25) is 0 Å². The van der Waals surface area contributed by atoms with Crippen LogP contribution in [0, 0.1) is 6.92 Å². The van der Waals surface area contributed by atoms with Gasteiger partial charge in [0, 0.05) is 11.6 Å². The highest BCUT2D eigenvalue weighted by Crippen LogP contribution is 2.23. The molecule has 1 atom stereocenters. The monoisotopic (exact) mass is 387 g/mol. The van der Waals surface area contributed by atoms with Crippen molar-refractivity contribution in [1.82, 2.24) is 15.0 Å². The van der Waals surface area contributed by atoms with E-state index in [1.807, 2.05) is 48.2 Å². The largest absolute Gasteiger partial charge is 0.468 e. The maximum atomic E-state index is 11.9. The van der Waals surface area contributed by atoms with Crippen LogP contribution in [0.15, 0.2) is 51.6 Å². The molecule has 0 saturated carbocycles. The van der Waals surface area contributed by atoms with Gasteiger partial charge in [-0.1, -0.05) is 35.0 Å². The van der Waals surface area contributed by atoms with Gasteiger partial charge in [-0.2, -0.15) is 4.98 Å². The first-order valence-corrected chi connectivity index (χ1v) is 10.7. The fraction of sp³-hybridized carbons (Fsp3) is 0.368. The Morgan fingerprint density at radius 3 is 2.67 bits per heavy atom. The summed E-state index contributed by atoms with van der Waals surface area (Å²) < 4.78 is 34.7. The predicted octanol–water partition coefficient (Wildman–Crippen LogP) is 2.83. The van der Waals surface area contributed by atoms with E-state index >= 15 is 0 Å². The van der Waals surface area contributed by atoms with Gasteiger partial charge < -0.3 is 8.94 Å². The van der Waals surface area contributed by atoms with Crippen molar-refractivity contribution >= 4 is 9.84 Å². The number of hydrogen-bond acceptors (Lipinski definition) is 7. The molecule has 0 unspecified atom stereocenters. The summed E-state index contributed by atoms with van der Waals surface area (Å²) in [6.07, 6.45) is 2.21. The van der Waals surface area contributed by atoms with Crippen molar-refractivity contribution in [3.8, 4) is 11.4 Å². The minimum atomic E-state index is -2.99. The van der Waals surface area contributed by atoms with Gasteiger partial charge in [0.1, 0.15) is 5.76 Å².